The Morgan fingerprint density at radius 1 is 0.522 bits per heavy atom. The van der Waals surface area contributed by atoms with Crippen molar-refractivity contribution in [1.82, 2.24) is 9.97 Å². The van der Waals surface area contributed by atoms with Crippen LogP contribution in [0.5, 0.6) is 0 Å². The third-order valence-electron chi connectivity index (χ3n) is 10.5. The van der Waals surface area contributed by atoms with E-state index in [1.54, 1.807) is 0 Å². The van der Waals surface area contributed by atoms with Crippen LogP contribution in [0.2, 0.25) is 0 Å². The Labute approximate surface area is 269 Å². The fourth-order valence-corrected chi connectivity index (χ4v) is 8.74. The van der Waals surface area contributed by atoms with Gasteiger partial charge >= 0.3 is 0 Å². The lowest BCUT2D eigenvalue weighted by Crippen LogP contribution is -2.30. The van der Waals surface area contributed by atoms with Crippen LogP contribution in [-0.2, 0) is 5.41 Å². The number of aryl methyl sites for hydroxylation is 1. The topological polar surface area (TPSA) is 25.8 Å². The summed E-state index contributed by atoms with van der Waals surface area (Å²) in [5.74, 6) is -0.0952. The average molecular weight is 589 g/mol. The molecular formula is C44H32N2. The van der Waals surface area contributed by atoms with Gasteiger partial charge in [-0.2, -0.15) is 0 Å². The van der Waals surface area contributed by atoms with Crippen molar-refractivity contribution in [3.05, 3.63) is 208 Å². The molecule has 0 bridgehead atoms. The highest BCUT2D eigenvalue weighted by Crippen LogP contribution is 2.62. The van der Waals surface area contributed by atoms with E-state index in [0.717, 1.165) is 16.5 Å². The number of pyridine rings is 2. The molecule has 0 fully saturated rings. The Morgan fingerprint density at radius 3 is 1.67 bits per heavy atom. The van der Waals surface area contributed by atoms with Crippen LogP contribution in [0, 0.1) is 6.92 Å². The molecule has 2 atom stereocenters. The van der Waals surface area contributed by atoms with Crippen molar-refractivity contribution in [2.75, 3.05) is 0 Å². The molecule has 0 saturated heterocycles. The first-order chi connectivity index (χ1) is 22.7. The maximum absolute atomic E-state index is 4.86. The van der Waals surface area contributed by atoms with Gasteiger partial charge in [-0.15, -0.1) is 0 Å². The van der Waals surface area contributed by atoms with E-state index in [9.17, 15) is 0 Å². The van der Waals surface area contributed by atoms with Crippen LogP contribution >= 0.6 is 0 Å². The van der Waals surface area contributed by atoms with Crippen LogP contribution in [0.25, 0.3) is 28.0 Å². The van der Waals surface area contributed by atoms with Gasteiger partial charge in [0.25, 0.3) is 0 Å². The van der Waals surface area contributed by atoms with E-state index < -0.39 is 5.41 Å². The largest absolute Gasteiger partial charge is 0.264 e. The first-order valence-electron chi connectivity index (χ1n) is 16.0. The van der Waals surface area contributed by atoms with Gasteiger partial charge in [-0.3, -0.25) is 9.97 Å². The minimum absolute atomic E-state index is 0.0439. The van der Waals surface area contributed by atoms with Crippen LogP contribution in [0.4, 0.5) is 0 Å². The van der Waals surface area contributed by atoms with Gasteiger partial charge in [0.1, 0.15) is 0 Å². The molecule has 0 saturated carbocycles. The van der Waals surface area contributed by atoms with E-state index in [4.69, 9.17) is 9.97 Å². The normalized spacial score (nSPS) is 17.1. The molecule has 2 unspecified atom stereocenters. The lowest BCUT2D eigenvalue weighted by atomic mass is 9.66. The SMILES string of the molecule is C=Cc1c(C)cncc1C1c2ccccc2C2(c3ccccc3-c3ccccc32)c2ccccc2C1c1cncc2ccccc12. The molecule has 2 aliphatic rings. The van der Waals surface area contributed by atoms with E-state index in [-0.39, 0.29) is 11.8 Å². The van der Waals surface area contributed by atoms with Gasteiger partial charge in [-0.1, -0.05) is 134 Å². The van der Waals surface area contributed by atoms with Crippen molar-refractivity contribution in [2.24, 2.45) is 0 Å². The maximum Gasteiger partial charge on any atom is 0.0719 e. The van der Waals surface area contributed by atoms with Crippen LogP contribution in [0.3, 0.4) is 0 Å². The highest BCUT2D eigenvalue weighted by molar-refractivity contribution is 5.89. The summed E-state index contributed by atoms with van der Waals surface area (Å²) in [7, 11) is 0. The molecule has 1 spiro atoms. The van der Waals surface area contributed by atoms with Crippen molar-refractivity contribution in [3.8, 4) is 11.1 Å². The zero-order valence-corrected chi connectivity index (χ0v) is 25.7. The fraction of sp³-hybridized carbons (Fsp3) is 0.0909. The standard InChI is InChI=1S/C44H32N2/c1-3-30-28(2)24-45-26-36(30)42-34-18-8-12-22-40(34)44(38-20-10-6-16-32(38)33-17-7-11-21-39(33)44)41-23-13-9-19-35(41)43(42)37-27-46-25-29-14-4-5-15-31(29)37/h3-27,42-43H,1H2,2H3. The summed E-state index contributed by atoms with van der Waals surface area (Å²) in [6.07, 6.45) is 10.1. The van der Waals surface area contributed by atoms with Crippen LogP contribution < -0.4 is 0 Å². The van der Waals surface area contributed by atoms with E-state index >= 15 is 0 Å². The molecule has 5 aromatic carbocycles. The highest BCUT2D eigenvalue weighted by atomic mass is 14.7. The van der Waals surface area contributed by atoms with Gasteiger partial charge in [0.15, 0.2) is 0 Å². The van der Waals surface area contributed by atoms with E-state index in [1.165, 1.54) is 61.0 Å². The molecule has 218 valence electrons. The van der Waals surface area contributed by atoms with Crippen molar-refractivity contribution < 1.29 is 0 Å². The molecule has 2 aromatic heterocycles. The minimum Gasteiger partial charge on any atom is -0.264 e. The first-order valence-corrected chi connectivity index (χ1v) is 16.0. The molecule has 7 aromatic rings. The van der Waals surface area contributed by atoms with Gasteiger partial charge in [-0.05, 0) is 79.1 Å². The number of aromatic nitrogens is 2. The smallest absolute Gasteiger partial charge is 0.0719 e. The second-order valence-electron chi connectivity index (χ2n) is 12.6. The molecule has 46 heavy (non-hydrogen) atoms. The molecule has 0 N–H and O–H groups in total. The van der Waals surface area contributed by atoms with Crippen molar-refractivity contribution in [1.29, 1.82) is 0 Å². The fourth-order valence-electron chi connectivity index (χ4n) is 8.74. The van der Waals surface area contributed by atoms with Gasteiger partial charge in [0, 0.05) is 42.0 Å². The number of fused-ring (bicyclic) bond motifs is 10. The summed E-state index contributed by atoms with van der Waals surface area (Å²) in [5, 5.41) is 2.37. The third kappa shape index (κ3) is 3.53. The number of hydrogen-bond acceptors (Lipinski definition) is 2. The van der Waals surface area contributed by atoms with Gasteiger partial charge in [0.2, 0.25) is 0 Å². The van der Waals surface area contributed by atoms with Gasteiger partial charge < -0.3 is 0 Å². The summed E-state index contributed by atoms with van der Waals surface area (Å²) in [6.45, 7) is 6.45. The van der Waals surface area contributed by atoms with E-state index in [0.29, 0.717) is 0 Å². The average Bonchev–Trinajstić information content (AvgIpc) is 3.35. The summed E-state index contributed by atoms with van der Waals surface area (Å²) in [6, 6.07) is 45.0. The van der Waals surface area contributed by atoms with Crippen molar-refractivity contribution >= 4 is 16.8 Å². The van der Waals surface area contributed by atoms with E-state index in [1.807, 2.05) is 18.5 Å². The summed E-state index contributed by atoms with van der Waals surface area (Å²) in [5.41, 5.74) is 14.7. The van der Waals surface area contributed by atoms with Gasteiger partial charge in [0.05, 0.1) is 5.41 Å². The van der Waals surface area contributed by atoms with Crippen molar-refractivity contribution in [2.45, 2.75) is 24.2 Å². The molecular weight excluding hydrogens is 556 g/mol. The second kappa shape index (κ2) is 10.2. The number of hydrogen-bond donors (Lipinski definition) is 0. The predicted octanol–water partition coefficient (Wildman–Crippen LogP) is 10.2. The molecule has 2 aliphatic carbocycles. The quantitative estimate of drug-likeness (QED) is 0.205. The number of benzene rings is 5. The second-order valence-corrected chi connectivity index (χ2v) is 12.6. The van der Waals surface area contributed by atoms with Crippen LogP contribution in [-0.4, -0.2) is 9.97 Å². The lowest BCUT2D eigenvalue weighted by molar-refractivity contribution is 0.693. The predicted molar refractivity (Wildman–Crippen MR) is 188 cm³/mol. The summed E-state index contributed by atoms with van der Waals surface area (Å²) < 4.78 is 0. The molecule has 2 heteroatoms. The minimum atomic E-state index is -0.503. The molecule has 9 rings (SSSR count). The highest BCUT2D eigenvalue weighted by Gasteiger charge is 2.52. The Morgan fingerprint density at radius 2 is 1.02 bits per heavy atom. The molecule has 0 amide bonds. The Balaban J connectivity index is 1.52. The maximum atomic E-state index is 4.86. The van der Waals surface area contributed by atoms with Crippen molar-refractivity contribution in [3.63, 3.8) is 0 Å². The monoisotopic (exact) mass is 588 g/mol. The third-order valence-corrected chi connectivity index (χ3v) is 10.5. The van der Waals surface area contributed by atoms with Gasteiger partial charge in [-0.25, -0.2) is 0 Å². The molecule has 2 heterocycles. The molecule has 0 aliphatic heterocycles. The molecule has 0 radical (unpaired) electrons. The van der Waals surface area contributed by atoms with Crippen LogP contribution in [0.1, 0.15) is 67.5 Å². The Kier molecular flexibility index (Phi) is 5.95. The zero-order valence-electron chi connectivity index (χ0n) is 25.7. The number of nitrogens with zero attached hydrogens (tertiary/aromatic N) is 2. The lowest BCUT2D eigenvalue weighted by Gasteiger charge is -2.35. The number of rotatable bonds is 3. The first kappa shape index (κ1) is 26.8. The Hall–Kier alpha value is -5.60. The summed E-state index contributed by atoms with van der Waals surface area (Å²) in [4.78, 5) is 9.68. The summed E-state index contributed by atoms with van der Waals surface area (Å²) >= 11 is 0. The van der Waals surface area contributed by atoms with E-state index in [2.05, 4.69) is 147 Å². The molecule has 2 nitrogen and oxygen atoms in total. The van der Waals surface area contributed by atoms with Crippen LogP contribution in [0.15, 0.2) is 153 Å². The zero-order chi connectivity index (χ0) is 30.8. The Bertz CT molecular complexity index is 2280.